The molecule has 1 saturated heterocycles. The lowest BCUT2D eigenvalue weighted by atomic mass is 9.86. The molecule has 2 heterocycles. The number of sulfonamides is 1. The maximum atomic E-state index is 13.2. The molecule has 2 aliphatic heterocycles. The highest BCUT2D eigenvalue weighted by Crippen LogP contribution is 2.39. The lowest BCUT2D eigenvalue weighted by Crippen LogP contribution is -2.47. The van der Waals surface area contributed by atoms with Crippen molar-refractivity contribution in [1.82, 2.24) is 9.62 Å². The zero-order valence-corrected chi connectivity index (χ0v) is 21.0. The molecule has 9 heteroatoms. The average molecular weight is 505 g/mol. The SMILES string of the molecule is CCOCC(CC1CNS(=O)(=O)c2cccc(OC)c21)N1CCC(C(=O)c2ccc(F)cc2)CC1. The van der Waals surface area contributed by atoms with Crippen LogP contribution in [0.3, 0.4) is 0 Å². The zero-order valence-electron chi connectivity index (χ0n) is 20.2. The highest BCUT2D eigenvalue weighted by molar-refractivity contribution is 7.89. The zero-order chi connectivity index (χ0) is 25.0. The van der Waals surface area contributed by atoms with E-state index < -0.39 is 10.0 Å². The standard InChI is InChI=1S/C26H33FN2O5S/c1-3-34-17-22(15-20-16-28-35(31,32)24-6-4-5-23(33-2)25(20)24)29-13-11-19(12-14-29)26(30)18-7-9-21(27)10-8-18/h4-10,19-20,22,28H,3,11-17H2,1-2H3. The predicted octanol–water partition coefficient (Wildman–Crippen LogP) is 3.60. The van der Waals surface area contributed by atoms with Crippen LogP contribution in [0.25, 0.3) is 0 Å². The lowest BCUT2D eigenvalue weighted by Gasteiger charge is -2.39. The van der Waals surface area contributed by atoms with Crippen molar-refractivity contribution in [3.05, 3.63) is 59.4 Å². The van der Waals surface area contributed by atoms with E-state index >= 15 is 0 Å². The van der Waals surface area contributed by atoms with Gasteiger partial charge in [-0.05, 0) is 75.7 Å². The van der Waals surface area contributed by atoms with E-state index in [0.717, 1.165) is 31.5 Å². The molecule has 7 nitrogen and oxygen atoms in total. The van der Waals surface area contributed by atoms with Crippen LogP contribution in [0.15, 0.2) is 47.4 Å². The van der Waals surface area contributed by atoms with E-state index in [1.54, 1.807) is 37.4 Å². The number of hydrogen-bond acceptors (Lipinski definition) is 6. The van der Waals surface area contributed by atoms with Crippen LogP contribution in [0.1, 0.15) is 48.0 Å². The van der Waals surface area contributed by atoms with Crippen molar-refractivity contribution >= 4 is 15.8 Å². The topological polar surface area (TPSA) is 84.9 Å². The fraction of sp³-hybridized carbons (Fsp3) is 0.500. The number of hydrogen-bond donors (Lipinski definition) is 1. The third-order valence-corrected chi connectivity index (χ3v) is 8.56. The number of nitrogens with one attached hydrogen (secondary N) is 1. The van der Waals surface area contributed by atoms with Gasteiger partial charge in [0.25, 0.3) is 0 Å². The number of halogens is 1. The van der Waals surface area contributed by atoms with Gasteiger partial charge in [0.15, 0.2) is 5.78 Å². The number of likely N-dealkylation sites (tertiary alicyclic amines) is 1. The minimum Gasteiger partial charge on any atom is -0.496 e. The number of benzene rings is 2. The minimum atomic E-state index is -3.57. The molecule has 1 fully saturated rings. The van der Waals surface area contributed by atoms with Crippen molar-refractivity contribution in [3.63, 3.8) is 0 Å². The van der Waals surface area contributed by atoms with E-state index in [-0.39, 0.29) is 34.4 Å². The van der Waals surface area contributed by atoms with E-state index in [1.807, 2.05) is 6.92 Å². The summed E-state index contributed by atoms with van der Waals surface area (Å²) >= 11 is 0. The first-order chi connectivity index (χ1) is 16.8. The van der Waals surface area contributed by atoms with Gasteiger partial charge in [0.2, 0.25) is 10.0 Å². The van der Waals surface area contributed by atoms with Crippen LogP contribution in [-0.2, 0) is 14.8 Å². The first kappa shape index (κ1) is 25.8. The predicted molar refractivity (Wildman–Crippen MR) is 131 cm³/mol. The van der Waals surface area contributed by atoms with E-state index in [2.05, 4.69) is 9.62 Å². The first-order valence-electron chi connectivity index (χ1n) is 12.1. The first-order valence-corrected chi connectivity index (χ1v) is 13.6. The Balaban J connectivity index is 1.48. The number of methoxy groups -OCH3 is 1. The molecule has 190 valence electrons. The average Bonchev–Trinajstić information content (AvgIpc) is 2.87. The fourth-order valence-corrected chi connectivity index (χ4v) is 6.60. The molecular weight excluding hydrogens is 471 g/mol. The summed E-state index contributed by atoms with van der Waals surface area (Å²) in [4.78, 5) is 15.5. The molecule has 35 heavy (non-hydrogen) atoms. The molecule has 4 rings (SSSR count). The summed E-state index contributed by atoms with van der Waals surface area (Å²) in [5, 5.41) is 0. The number of piperidine rings is 1. The molecule has 2 atom stereocenters. The number of rotatable bonds is 9. The molecule has 2 aliphatic rings. The van der Waals surface area contributed by atoms with E-state index in [4.69, 9.17) is 9.47 Å². The van der Waals surface area contributed by atoms with Crippen molar-refractivity contribution in [3.8, 4) is 5.75 Å². The van der Waals surface area contributed by atoms with Gasteiger partial charge in [-0.1, -0.05) is 6.07 Å². The number of carbonyl (C=O) groups excluding carboxylic acids is 1. The molecule has 2 aromatic carbocycles. The second-order valence-corrected chi connectivity index (χ2v) is 10.9. The van der Waals surface area contributed by atoms with Crippen molar-refractivity contribution in [1.29, 1.82) is 0 Å². The smallest absolute Gasteiger partial charge is 0.241 e. The van der Waals surface area contributed by atoms with Gasteiger partial charge in [0, 0.05) is 42.2 Å². The third kappa shape index (κ3) is 5.74. The Kier molecular flexibility index (Phi) is 8.21. The van der Waals surface area contributed by atoms with E-state index in [0.29, 0.717) is 37.5 Å². The van der Waals surface area contributed by atoms with E-state index in [9.17, 15) is 17.6 Å². The Bertz CT molecular complexity index is 1130. The van der Waals surface area contributed by atoms with Crippen LogP contribution in [0.4, 0.5) is 4.39 Å². The molecule has 0 bridgehead atoms. The minimum absolute atomic E-state index is 0.0614. The van der Waals surface area contributed by atoms with Gasteiger partial charge >= 0.3 is 0 Å². The van der Waals surface area contributed by atoms with Crippen molar-refractivity contribution in [2.24, 2.45) is 5.92 Å². The summed E-state index contributed by atoms with van der Waals surface area (Å²) in [5.41, 5.74) is 1.27. The van der Waals surface area contributed by atoms with Crippen LogP contribution >= 0.6 is 0 Å². The van der Waals surface area contributed by atoms with Gasteiger partial charge in [-0.25, -0.2) is 17.5 Å². The Morgan fingerprint density at radius 3 is 2.54 bits per heavy atom. The number of carbonyl (C=O) groups is 1. The van der Waals surface area contributed by atoms with Crippen LogP contribution in [0.2, 0.25) is 0 Å². The number of ketones is 1. The molecule has 0 spiro atoms. The van der Waals surface area contributed by atoms with Crippen molar-refractivity contribution in [2.75, 3.05) is 40.0 Å². The highest BCUT2D eigenvalue weighted by Gasteiger charge is 2.36. The van der Waals surface area contributed by atoms with Gasteiger partial charge in [-0.15, -0.1) is 0 Å². The molecule has 0 saturated carbocycles. The number of nitrogens with zero attached hydrogens (tertiary/aromatic N) is 1. The summed E-state index contributed by atoms with van der Waals surface area (Å²) in [6.45, 7) is 4.86. The molecule has 0 amide bonds. The van der Waals surface area contributed by atoms with Gasteiger partial charge in [-0.3, -0.25) is 9.69 Å². The third-order valence-electron chi connectivity index (χ3n) is 7.08. The van der Waals surface area contributed by atoms with Gasteiger partial charge in [-0.2, -0.15) is 0 Å². The van der Waals surface area contributed by atoms with Gasteiger partial charge in [0.1, 0.15) is 11.6 Å². The summed E-state index contributed by atoms with van der Waals surface area (Å²) in [6.07, 6.45) is 2.14. The molecule has 1 N–H and O–H groups in total. The number of ether oxygens (including phenoxy) is 2. The van der Waals surface area contributed by atoms with Gasteiger partial charge in [0.05, 0.1) is 18.6 Å². The lowest BCUT2D eigenvalue weighted by molar-refractivity contribution is 0.0383. The van der Waals surface area contributed by atoms with E-state index in [1.165, 1.54) is 12.1 Å². The molecule has 0 aliphatic carbocycles. The Labute approximate surface area is 206 Å². The normalized spacial score (nSPS) is 21.3. The Morgan fingerprint density at radius 1 is 1.17 bits per heavy atom. The molecular formula is C26H33FN2O5S. The summed E-state index contributed by atoms with van der Waals surface area (Å²) in [5.74, 6) is 0.140. The monoisotopic (exact) mass is 504 g/mol. The largest absolute Gasteiger partial charge is 0.496 e. The molecule has 2 unspecified atom stereocenters. The number of Topliss-reactive ketones (excluding diaryl/α,β-unsaturated/α-hetero) is 1. The van der Waals surface area contributed by atoms with Crippen LogP contribution in [0, 0.1) is 11.7 Å². The van der Waals surface area contributed by atoms with Crippen LogP contribution in [-0.4, -0.2) is 65.1 Å². The fourth-order valence-electron chi connectivity index (χ4n) is 5.21. The summed E-state index contributed by atoms with van der Waals surface area (Å²) < 4.78 is 52.6. The second-order valence-electron chi connectivity index (χ2n) is 9.15. The highest BCUT2D eigenvalue weighted by atomic mass is 32.2. The molecule has 0 radical (unpaired) electrons. The van der Waals surface area contributed by atoms with Crippen LogP contribution < -0.4 is 9.46 Å². The maximum absolute atomic E-state index is 13.2. The van der Waals surface area contributed by atoms with Crippen molar-refractivity contribution in [2.45, 2.75) is 43.0 Å². The summed E-state index contributed by atoms with van der Waals surface area (Å²) in [7, 11) is -2.01. The number of fused-ring (bicyclic) bond motifs is 1. The summed E-state index contributed by atoms with van der Waals surface area (Å²) in [6, 6.07) is 10.9. The molecule has 0 aromatic heterocycles. The second kappa shape index (κ2) is 11.2. The van der Waals surface area contributed by atoms with Crippen molar-refractivity contribution < 1.29 is 27.1 Å². The Morgan fingerprint density at radius 2 is 1.89 bits per heavy atom. The van der Waals surface area contributed by atoms with Crippen LogP contribution in [0.5, 0.6) is 5.75 Å². The van der Waals surface area contributed by atoms with Gasteiger partial charge < -0.3 is 9.47 Å². The maximum Gasteiger partial charge on any atom is 0.241 e. The quantitative estimate of drug-likeness (QED) is 0.526. The molecule has 2 aromatic rings. The Hall–Kier alpha value is -2.33.